The maximum Gasteiger partial charge on any atom is 0.271 e. The zero-order chi connectivity index (χ0) is 17.0. The Bertz CT molecular complexity index is 761. The summed E-state index contributed by atoms with van der Waals surface area (Å²) in [5, 5.41) is 23.1. The van der Waals surface area contributed by atoms with E-state index in [2.05, 4.69) is 42.4 Å². The first-order valence-electron chi connectivity index (χ1n) is 6.31. The van der Waals surface area contributed by atoms with Gasteiger partial charge in [-0.2, -0.15) is 5.10 Å². The number of carbonyl (C=O) groups is 1. The minimum atomic E-state index is -0.387. The van der Waals surface area contributed by atoms with Crippen molar-refractivity contribution in [2.75, 3.05) is 7.11 Å². The molecular weight excluding hydrogens is 432 g/mol. The summed E-state index contributed by atoms with van der Waals surface area (Å²) >= 11 is 6.25. The third-order valence-electron chi connectivity index (χ3n) is 2.92. The van der Waals surface area contributed by atoms with Crippen molar-refractivity contribution in [1.82, 2.24) is 5.43 Å². The Morgan fingerprint density at radius 1 is 1.22 bits per heavy atom. The van der Waals surface area contributed by atoms with E-state index in [1.165, 1.54) is 6.21 Å². The summed E-state index contributed by atoms with van der Waals surface area (Å²) in [5.74, 6) is -0.334. The lowest BCUT2D eigenvalue weighted by Crippen LogP contribution is -2.17. The number of phenols is 2. The van der Waals surface area contributed by atoms with Gasteiger partial charge in [0.15, 0.2) is 11.5 Å². The smallest absolute Gasteiger partial charge is 0.271 e. The molecule has 23 heavy (non-hydrogen) atoms. The summed E-state index contributed by atoms with van der Waals surface area (Å²) < 4.78 is 5.59. The standard InChI is InChI=1S/C15H12Br2N2O4/c1-23-10-4-2-8(3-5-10)15(22)19-18-7-9-6-11(16)13(20)14(21)12(9)17/h2-7,20-21H,1H3,(H,19,22). The van der Waals surface area contributed by atoms with Crippen molar-refractivity contribution in [2.24, 2.45) is 5.10 Å². The van der Waals surface area contributed by atoms with Crippen LogP contribution in [-0.2, 0) is 0 Å². The number of ether oxygens (including phenoxy) is 1. The Balaban J connectivity index is 2.11. The van der Waals surface area contributed by atoms with Crippen LogP contribution in [0.3, 0.4) is 0 Å². The van der Waals surface area contributed by atoms with Gasteiger partial charge in [-0.15, -0.1) is 0 Å². The molecule has 6 nitrogen and oxygen atoms in total. The highest BCUT2D eigenvalue weighted by molar-refractivity contribution is 9.11. The molecule has 0 spiro atoms. The monoisotopic (exact) mass is 442 g/mol. The van der Waals surface area contributed by atoms with E-state index in [-0.39, 0.29) is 21.9 Å². The average Bonchev–Trinajstić information content (AvgIpc) is 2.57. The molecule has 0 aliphatic carbocycles. The van der Waals surface area contributed by atoms with Gasteiger partial charge in [-0.1, -0.05) is 0 Å². The number of aromatic hydroxyl groups is 2. The van der Waals surface area contributed by atoms with Crippen LogP contribution in [0.1, 0.15) is 15.9 Å². The quantitative estimate of drug-likeness (QED) is 0.383. The number of hydrazone groups is 1. The second-order valence-corrected chi connectivity index (χ2v) is 6.03. The van der Waals surface area contributed by atoms with Gasteiger partial charge in [-0.05, 0) is 62.2 Å². The van der Waals surface area contributed by atoms with Gasteiger partial charge in [0, 0.05) is 11.1 Å². The summed E-state index contributed by atoms with van der Waals surface area (Å²) in [7, 11) is 1.54. The Morgan fingerprint density at radius 2 is 1.87 bits per heavy atom. The molecule has 2 aromatic rings. The molecule has 2 rings (SSSR count). The minimum absolute atomic E-state index is 0.264. The molecule has 120 valence electrons. The fraction of sp³-hybridized carbons (Fsp3) is 0.0667. The van der Waals surface area contributed by atoms with Gasteiger partial charge in [-0.3, -0.25) is 4.79 Å². The van der Waals surface area contributed by atoms with Crippen LogP contribution >= 0.6 is 31.9 Å². The first-order valence-corrected chi connectivity index (χ1v) is 7.90. The molecule has 0 bridgehead atoms. The van der Waals surface area contributed by atoms with Gasteiger partial charge in [0.25, 0.3) is 5.91 Å². The lowest BCUT2D eigenvalue weighted by atomic mass is 10.2. The number of amides is 1. The summed E-state index contributed by atoms with van der Waals surface area (Å²) in [5.41, 5.74) is 3.28. The van der Waals surface area contributed by atoms with Crippen molar-refractivity contribution in [2.45, 2.75) is 0 Å². The molecule has 0 aliphatic heterocycles. The summed E-state index contributed by atoms with van der Waals surface area (Å²) in [4.78, 5) is 11.9. The fourth-order valence-electron chi connectivity index (χ4n) is 1.68. The van der Waals surface area contributed by atoms with Crippen LogP contribution < -0.4 is 10.2 Å². The highest BCUT2D eigenvalue weighted by Gasteiger charge is 2.13. The molecule has 0 heterocycles. The predicted molar refractivity (Wildman–Crippen MR) is 93.2 cm³/mol. The second-order valence-electron chi connectivity index (χ2n) is 4.39. The molecule has 0 saturated carbocycles. The van der Waals surface area contributed by atoms with E-state index in [9.17, 15) is 15.0 Å². The second kappa shape index (κ2) is 7.47. The number of nitrogens with one attached hydrogen (secondary N) is 1. The Hall–Kier alpha value is -2.06. The van der Waals surface area contributed by atoms with Crippen molar-refractivity contribution in [1.29, 1.82) is 0 Å². The largest absolute Gasteiger partial charge is 0.503 e. The first kappa shape index (κ1) is 17.3. The van der Waals surface area contributed by atoms with Crippen LogP contribution in [0.5, 0.6) is 17.2 Å². The number of halogens is 2. The van der Waals surface area contributed by atoms with Crippen LogP contribution in [0.25, 0.3) is 0 Å². The van der Waals surface area contributed by atoms with Crippen molar-refractivity contribution in [3.05, 3.63) is 50.4 Å². The third kappa shape index (κ3) is 4.02. The van der Waals surface area contributed by atoms with Crippen LogP contribution in [-0.4, -0.2) is 29.4 Å². The van der Waals surface area contributed by atoms with Crippen molar-refractivity contribution < 1.29 is 19.7 Å². The summed E-state index contributed by atoms with van der Waals surface area (Å²) in [6, 6.07) is 8.11. The molecule has 0 unspecified atom stereocenters. The highest BCUT2D eigenvalue weighted by Crippen LogP contribution is 2.40. The lowest BCUT2D eigenvalue weighted by Gasteiger charge is -2.06. The van der Waals surface area contributed by atoms with Gasteiger partial charge in [0.05, 0.1) is 22.3 Å². The normalized spacial score (nSPS) is 10.7. The molecule has 1 amide bonds. The highest BCUT2D eigenvalue weighted by atomic mass is 79.9. The Labute approximate surface area is 149 Å². The molecule has 8 heteroatoms. The van der Waals surface area contributed by atoms with Gasteiger partial charge >= 0.3 is 0 Å². The topological polar surface area (TPSA) is 91.2 Å². The molecule has 0 radical (unpaired) electrons. The summed E-state index contributed by atoms with van der Waals surface area (Å²) in [6.07, 6.45) is 1.34. The lowest BCUT2D eigenvalue weighted by molar-refractivity contribution is 0.0955. The number of rotatable bonds is 4. The van der Waals surface area contributed by atoms with E-state index in [0.29, 0.717) is 21.3 Å². The average molecular weight is 444 g/mol. The molecule has 0 atom stereocenters. The van der Waals surface area contributed by atoms with E-state index in [0.717, 1.165) is 0 Å². The maximum absolute atomic E-state index is 11.9. The van der Waals surface area contributed by atoms with E-state index in [1.807, 2.05) is 0 Å². The molecule has 3 N–H and O–H groups in total. The number of methoxy groups -OCH3 is 1. The number of phenolic OH excluding ortho intramolecular Hbond substituents is 2. The predicted octanol–water partition coefficient (Wildman–Crippen LogP) is 3.40. The maximum atomic E-state index is 11.9. The van der Waals surface area contributed by atoms with Crippen LogP contribution in [0.2, 0.25) is 0 Å². The Morgan fingerprint density at radius 3 is 2.48 bits per heavy atom. The third-order valence-corrected chi connectivity index (χ3v) is 4.35. The molecule has 2 aromatic carbocycles. The van der Waals surface area contributed by atoms with E-state index in [4.69, 9.17) is 4.74 Å². The fourth-order valence-corrected chi connectivity index (χ4v) is 2.52. The first-order chi connectivity index (χ1) is 10.9. The Kier molecular flexibility index (Phi) is 5.62. The number of benzene rings is 2. The zero-order valence-electron chi connectivity index (χ0n) is 11.9. The SMILES string of the molecule is COc1ccc(C(=O)NN=Cc2cc(Br)c(O)c(O)c2Br)cc1. The minimum Gasteiger partial charge on any atom is -0.503 e. The number of hydrogen-bond donors (Lipinski definition) is 3. The number of hydrogen-bond acceptors (Lipinski definition) is 5. The van der Waals surface area contributed by atoms with E-state index >= 15 is 0 Å². The van der Waals surface area contributed by atoms with Crippen LogP contribution in [0, 0.1) is 0 Å². The molecular formula is C15H12Br2N2O4. The van der Waals surface area contributed by atoms with Crippen LogP contribution in [0.4, 0.5) is 0 Å². The molecule has 0 aliphatic rings. The van der Waals surface area contributed by atoms with Crippen molar-refractivity contribution in [3.8, 4) is 17.2 Å². The van der Waals surface area contributed by atoms with Crippen molar-refractivity contribution in [3.63, 3.8) is 0 Å². The van der Waals surface area contributed by atoms with Crippen molar-refractivity contribution >= 4 is 44.0 Å². The van der Waals surface area contributed by atoms with Crippen LogP contribution in [0.15, 0.2) is 44.4 Å². The molecule has 0 aromatic heterocycles. The molecule has 0 fully saturated rings. The number of nitrogens with zero attached hydrogens (tertiary/aromatic N) is 1. The molecule has 0 saturated heterocycles. The van der Waals surface area contributed by atoms with Gasteiger partial charge in [0.2, 0.25) is 0 Å². The van der Waals surface area contributed by atoms with Gasteiger partial charge < -0.3 is 14.9 Å². The number of carbonyl (C=O) groups excluding carboxylic acids is 1. The van der Waals surface area contributed by atoms with E-state index < -0.39 is 0 Å². The zero-order valence-corrected chi connectivity index (χ0v) is 15.1. The summed E-state index contributed by atoms with van der Waals surface area (Å²) in [6.45, 7) is 0. The van der Waals surface area contributed by atoms with Gasteiger partial charge in [0.1, 0.15) is 5.75 Å². The van der Waals surface area contributed by atoms with E-state index in [1.54, 1.807) is 37.4 Å². The van der Waals surface area contributed by atoms with Gasteiger partial charge in [-0.25, -0.2) is 5.43 Å².